The van der Waals surface area contributed by atoms with Crippen molar-refractivity contribution in [2.24, 2.45) is 0 Å². The minimum atomic E-state index is 0.429. The topological polar surface area (TPSA) is 51.4 Å². The Bertz CT molecular complexity index is 842. The fourth-order valence-corrected chi connectivity index (χ4v) is 3.18. The first-order chi connectivity index (χ1) is 11.7. The number of fused-ring (bicyclic) bond motifs is 1. The minimum absolute atomic E-state index is 0.429. The molecule has 5 nitrogen and oxygen atoms in total. The molecule has 122 valence electrons. The van der Waals surface area contributed by atoms with Crippen molar-refractivity contribution < 1.29 is 9.15 Å². The van der Waals surface area contributed by atoms with Gasteiger partial charge < -0.3 is 14.1 Å². The molecule has 1 atom stereocenters. The van der Waals surface area contributed by atoms with Crippen molar-refractivity contribution in [2.45, 2.75) is 25.9 Å². The summed E-state index contributed by atoms with van der Waals surface area (Å²) >= 11 is 0. The SMILES string of the molecule is COc1ccc(-c2nnc(CN3c4ccccc4CC3C)o2)cc1. The van der Waals surface area contributed by atoms with Crippen molar-refractivity contribution in [3.8, 4) is 17.2 Å². The molecular formula is C19H19N3O2. The van der Waals surface area contributed by atoms with Gasteiger partial charge in [-0.2, -0.15) is 0 Å². The van der Waals surface area contributed by atoms with E-state index in [9.17, 15) is 0 Å². The smallest absolute Gasteiger partial charge is 0.247 e. The van der Waals surface area contributed by atoms with E-state index in [1.165, 1.54) is 11.3 Å². The van der Waals surface area contributed by atoms with Crippen molar-refractivity contribution in [2.75, 3.05) is 12.0 Å². The van der Waals surface area contributed by atoms with Crippen LogP contribution in [0.15, 0.2) is 52.9 Å². The highest BCUT2D eigenvalue weighted by molar-refractivity contribution is 5.59. The Balaban J connectivity index is 1.55. The lowest BCUT2D eigenvalue weighted by Crippen LogP contribution is -2.28. The molecule has 4 rings (SSSR count). The average molecular weight is 321 g/mol. The number of hydrogen-bond donors (Lipinski definition) is 0. The number of benzene rings is 2. The molecule has 1 aliphatic rings. The van der Waals surface area contributed by atoms with Gasteiger partial charge in [0, 0.05) is 17.3 Å². The van der Waals surface area contributed by atoms with E-state index in [4.69, 9.17) is 9.15 Å². The summed E-state index contributed by atoms with van der Waals surface area (Å²) in [5.74, 6) is 1.97. The monoisotopic (exact) mass is 321 g/mol. The van der Waals surface area contributed by atoms with Gasteiger partial charge in [0.1, 0.15) is 5.75 Å². The van der Waals surface area contributed by atoms with Crippen molar-refractivity contribution >= 4 is 5.69 Å². The highest BCUT2D eigenvalue weighted by Crippen LogP contribution is 2.33. The molecule has 0 saturated carbocycles. The van der Waals surface area contributed by atoms with E-state index in [0.717, 1.165) is 17.7 Å². The predicted octanol–water partition coefficient (Wildman–Crippen LogP) is 3.70. The molecule has 1 aromatic heterocycles. The van der Waals surface area contributed by atoms with E-state index < -0.39 is 0 Å². The van der Waals surface area contributed by atoms with Crippen LogP contribution in [0.3, 0.4) is 0 Å². The van der Waals surface area contributed by atoms with Gasteiger partial charge in [0.2, 0.25) is 11.8 Å². The third kappa shape index (κ3) is 2.62. The number of anilines is 1. The zero-order valence-corrected chi connectivity index (χ0v) is 13.8. The molecule has 0 aliphatic carbocycles. The average Bonchev–Trinajstić information content (AvgIpc) is 3.21. The largest absolute Gasteiger partial charge is 0.497 e. The molecule has 1 unspecified atom stereocenters. The van der Waals surface area contributed by atoms with E-state index in [1.807, 2.05) is 24.3 Å². The molecule has 0 N–H and O–H groups in total. The molecule has 0 spiro atoms. The standard InChI is InChI=1S/C19H19N3O2/c1-13-11-15-5-3-4-6-17(15)22(13)12-18-20-21-19(24-18)14-7-9-16(23-2)10-8-14/h3-10,13H,11-12H2,1-2H3. The molecule has 0 amide bonds. The maximum Gasteiger partial charge on any atom is 0.247 e. The van der Waals surface area contributed by atoms with Gasteiger partial charge in [-0.3, -0.25) is 0 Å². The fraction of sp³-hybridized carbons (Fsp3) is 0.263. The molecule has 1 aliphatic heterocycles. The first kappa shape index (κ1) is 14.8. The van der Waals surface area contributed by atoms with Crippen molar-refractivity contribution in [1.82, 2.24) is 10.2 Å². The number of aromatic nitrogens is 2. The van der Waals surface area contributed by atoms with Crippen LogP contribution < -0.4 is 9.64 Å². The Morgan fingerprint density at radius 3 is 2.71 bits per heavy atom. The third-order valence-corrected chi connectivity index (χ3v) is 4.46. The zero-order valence-electron chi connectivity index (χ0n) is 13.8. The summed E-state index contributed by atoms with van der Waals surface area (Å²) in [6.07, 6.45) is 1.05. The maximum absolute atomic E-state index is 5.86. The minimum Gasteiger partial charge on any atom is -0.497 e. The van der Waals surface area contributed by atoms with Crippen molar-refractivity contribution in [3.63, 3.8) is 0 Å². The van der Waals surface area contributed by atoms with E-state index in [0.29, 0.717) is 24.4 Å². The predicted molar refractivity (Wildman–Crippen MR) is 92.1 cm³/mol. The lowest BCUT2D eigenvalue weighted by molar-refractivity contribution is 0.415. The maximum atomic E-state index is 5.86. The lowest BCUT2D eigenvalue weighted by Gasteiger charge is -2.22. The van der Waals surface area contributed by atoms with Crippen LogP contribution in [0.2, 0.25) is 0 Å². The number of hydrogen-bond acceptors (Lipinski definition) is 5. The first-order valence-corrected chi connectivity index (χ1v) is 8.06. The van der Waals surface area contributed by atoms with Crippen molar-refractivity contribution in [3.05, 3.63) is 60.0 Å². The Morgan fingerprint density at radius 2 is 1.92 bits per heavy atom. The van der Waals surface area contributed by atoms with Crippen LogP contribution in [0.5, 0.6) is 5.75 Å². The molecule has 0 bridgehead atoms. The van der Waals surface area contributed by atoms with Gasteiger partial charge in [0.15, 0.2) is 0 Å². The zero-order chi connectivity index (χ0) is 16.5. The molecular weight excluding hydrogens is 302 g/mol. The van der Waals surface area contributed by atoms with Gasteiger partial charge in [-0.15, -0.1) is 10.2 Å². The van der Waals surface area contributed by atoms with Gasteiger partial charge >= 0.3 is 0 Å². The summed E-state index contributed by atoms with van der Waals surface area (Å²) in [4.78, 5) is 2.32. The third-order valence-electron chi connectivity index (χ3n) is 4.46. The quantitative estimate of drug-likeness (QED) is 0.733. The summed E-state index contributed by atoms with van der Waals surface area (Å²) in [7, 11) is 1.65. The van der Waals surface area contributed by atoms with Gasteiger partial charge in [0.05, 0.1) is 13.7 Å². The molecule has 0 saturated heterocycles. The van der Waals surface area contributed by atoms with Crippen LogP contribution in [-0.2, 0) is 13.0 Å². The van der Waals surface area contributed by atoms with E-state index in [2.05, 4.69) is 46.3 Å². The Hall–Kier alpha value is -2.82. The number of rotatable bonds is 4. The summed E-state index contributed by atoms with van der Waals surface area (Å²) < 4.78 is 11.0. The van der Waals surface area contributed by atoms with Crippen LogP contribution in [-0.4, -0.2) is 23.3 Å². The van der Waals surface area contributed by atoms with Crippen LogP contribution in [0.4, 0.5) is 5.69 Å². The second kappa shape index (κ2) is 6.00. The van der Waals surface area contributed by atoms with Crippen LogP contribution >= 0.6 is 0 Å². The Kier molecular flexibility index (Phi) is 3.69. The number of ether oxygens (including phenoxy) is 1. The van der Waals surface area contributed by atoms with Crippen LogP contribution in [0, 0.1) is 0 Å². The molecule has 5 heteroatoms. The normalized spacial score (nSPS) is 16.2. The first-order valence-electron chi connectivity index (χ1n) is 8.06. The molecule has 2 heterocycles. The van der Waals surface area contributed by atoms with E-state index >= 15 is 0 Å². The van der Waals surface area contributed by atoms with Crippen LogP contribution in [0.1, 0.15) is 18.4 Å². The van der Waals surface area contributed by atoms with Crippen molar-refractivity contribution in [1.29, 1.82) is 0 Å². The molecule has 2 aromatic carbocycles. The van der Waals surface area contributed by atoms with E-state index in [1.54, 1.807) is 7.11 Å². The molecule has 0 fully saturated rings. The van der Waals surface area contributed by atoms with E-state index in [-0.39, 0.29) is 0 Å². The molecule has 3 aromatic rings. The summed E-state index contributed by atoms with van der Waals surface area (Å²) in [6.45, 7) is 2.85. The summed E-state index contributed by atoms with van der Waals surface area (Å²) in [5.41, 5.74) is 3.53. The van der Waals surface area contributed by atoms with Gasteiger partial charge in [-0.1, -0.05) is 18.2 Å². The van der Waals surface area contributed by atoms with Gasteiger partial charge in [0.25, 0.3) is 0 Å². The second-order valence-corrected chi connectivity index (χ2v) is 6.04. The highest BCUT2D eigenvalue weighted by Gasteiger charge is 2.27. The number of nitrogens with zero attached hydrogens (tertiary/aromatic N) is 3. The lowest BCUT2D eigenvalue weighted by atomic mass is 10.1. The second-order valence-electron chi connectivity index (χ2n) is 6.04. The number of para-hydroxylation sites is 1. The number of methoxy groups -OCH3 is 1. The highest BCUT2D eigenvalue weighted by atomic mass is 16.5. The van der Waals surface area contributed by atoms with Gasteiger partial charge in [-0.05, 0) is 49.2 Å². The Labute approximate surface area is 140 Å². The van der Waals surface area contributed by atoms with Gasteiger partial charge in [-0.25, -0.2) is 0 Å². The summed E-state index contributed by atoms with van der Waals surface area (Å²) in [6, 6.07) is 16.5. The summed E-state index contributed by atoms with van der Waals surface area (Å²) in [5, 5.41) is 8.40. The Morgan fingerprint density at radius 1 is 1.12 bits per heavy atom. The molecule has 0 radical (unpaired) electrons. The van der Waals surface area contributed by atoms with Crippen LogP contribution in [0.25, 0.3) is 11.5 Å². The fourth-order valence-electron chi connectivity index (χ4n) is 3.18. The molecule has 24 heavy (non-hydrogen) atoms.